The van der Waals surface area contributed by atoms with Gasteiger partial charge in [0.2, 0.25) is 11.8 Å². The Balaban J connectivity index is 1.69. The zero-order valence-corrected chi connectivity index (χ0v) is 13.1. The van der Waals surface area contributed by atoms with E-state index in [-0.39, 0.29) is 43.8 Å². The summed E-state index contributed by atoms with van der Waals surface area (Å²) in [7, 11) is 0. The van der Waals surface area contributed by atoms with Crippen molar-refractivity contribution >= 4 is 11.8 Å². The van der Waals surface area contributed by atoms with E-state index in [1.165, 1.54) is 20.4 Å². The molecule has 0 radical (unpaired) electrons. The highest BCUT2D eigenvalue weighted by atomic mass is 19.4. The zero-order chi connectivity index (χ0) is 17.7. The summed E-state index contributed by atoms with van der Waals surface area (Å²) in [4.78, 5) is 30.8. The number of rotatable bonds is 2. The molecule has 1 fully saturated rings. The number of likely N-dealkylation sites (tertiary alicyclic amines) is 1. The van der Waals surface area contributed by atoms with Gasteiger partial charge in [0.05, 0.1) is 12.0 Å². The lowest BCUT2D eigenvalue weighted by molar-refractivity contribution is -0.158. The molecular formula is C15H17F3N4O2. The second kappa shape index (κ2) is 5.35. The minimum absolute atomic E-state index is 0.0416. The molecular weight excluding hydrogens is 325 g/mol. The minimum Gasteiger partial charge on any atom is -0.337 e. The maximum Gasteiger partial charge on any atom is 0.434 e. The van der Waals surface area contributed by atoms with Gasteiger partial charge in [0.15, 0.2) is 5.69 Å². The lowest BCUT2D eigenvalue weighted by Gasteiger charge is -2.48. The Kier molecular flexibility index (Phi) is 3.69. The smallest absolute Gasteiger partial charge is 0.337 e. The SMILES string of the molecule is C=CC(=O)N1CC(C)(C(=O)N2CCn3cc(C(F)(F)F)nc3C2)C1. The molecule has 1 aromatic heterocycles. The molecule has 0 N–H and O–H groups in total. The van der Waals surface area contributed by atoms with E-state index >= 15 is 0 Å². The summed E-state index contributed by atoms with van der Waals surface area (Å²) in [5, 5.41) is 0. The van der Waals surface area contributed by atoms with Crippen molar-refractivity contribution in [3.05, 3.63) is 30.4 Å². The van der Waals surface area contributed by atoms with Crippen LogP contribution >= 0.6 is 0 Å². The van der Waals surface area contributed by atoms with Crippen molar-refractivity contribution in [1.82, 2.24) is 19.4 Å². The number of carbonyl (C=O) groups is 2. The predicted molar refractivity (Wildman–Crippen MR) is 77.5 cm³/mol. The van der Waals surface area contributed by atoms with Crippen LogP contribution in [0.3, 0.4) is 0 Å². The third-order valence-corrected chi connectivity index (χ3v) is 4.46. The molecule has 0 spiro atoms. The van der Waals surface area contributed by atoms with Gasteiger partial charge in [-0.1, -0.05) is 6.58 Å². The summed E-state index contributed by atoms with van der Waals surface area (Å²) in [6.07, 6.45) is -2.32. The molecule has 2 aliphatic rings. The largest absolute Gasteiger partial charge is 0.434 e. The van der Waals surface area contributed by atoms with E-state index in [4.69, 9.17) is 0 Å². The van der Waals surface area contributed by atoms with Gasteiger partial charge in [-0.3, -0.25) is 9.59 Å². The van der Waals surface area contributed by atoms with Gasteiger partial charge >= 0.3 is 6.18 Å². The molecule has 1 saturated heterocycles. The first-order valence-electron chi connectivity index (χ1n) is 7.48. The minimum atomic E-state index is -4.50. The van der Waals surface area contributed by atoms with Crippen LogP contribution in [0.5, 0.6) is 0 Å². The number of hydrogen-bond acceptors (Lipinski definition) is 3. The van der Waals surface area contributed by atoms with Crippen LogP contribution in [0.2, 0.25) is 0 Å². The highest BCUT2D eigenvalue weighted by molar-refractivity contribution is 5.91. The Morgan fingerprint density at radius 3 is 2.54 bits per heavy atom. The Bertz CT molecular complexity index is 704. The second-order valence-electron chi connectivity index (χ2n) is 6.42. The van der Waals surface area contributed by atoms with Gasteiger partial charge in [0.1, 0.15) is 5.82 Å². The van der Waals surface area contributed by atoms with Crippen LogP contribution in [0, 0.1) is 5.41 Å². The summed E-state index contributed by atoms with van der Waals surface area (Å²) in [6, 6.07) is 0. The number of carbonyl (C=O) groups excluding carboxylic acids is 2. The molecule has 3 heterocycles. The highest BCUT2D eigenvalue weighted by Crippen LogP contribution is 2.34. The fraction of sp³-hybridized carbons (Fsp3) is 0.533. The number of amides is 2. The summed E-state index contributed by atoms with van der Waals surface area (Å²) in [5.41, 5.74) is -1.65. The fourth-order valence-corrected chi connectivity index (χ4v) is 3.16. The van der Waals surface area contributed by atoms with E-state index in [9.17, 15) is 22.8 Å². The summed E-state index contributed by atoms with van der Waals surface area (Å²) in [6.45, 7) is 6.37. The van der Waals surface area contributed by atoms with E-state index in [1.807, 2.05) is 0 Å². The molecule has 2 amide bonds. The molecule has 0 atom stereocenters. The van der Waals surface area contributed by atoms with E-state index in [0.717, 1.165) is 6.20 Å². The first-order chi connectivity index (χ1) is 11.1. The van der Waals surface area contributed by atoms with Gasteiger partial charge in [0.25, 0.3) is 0 Å². The Morgan fingerprint density at radius 2 is 1.96 bits per heavy atom. The average Bonchev–Trinajstić information content (AvgIpc) is 2.93. The van der Waals surface area contributed by atoms with Gasteiger partial charge in [-0.25, -0.2) is 4.98 Å². The first kappa shape index (κ1) is 16.5. The number of imidazole rings is 1. The molecule has 0 saturated carbocycles. The molecule has 0 unspecified atom stereocenters. The molecule has 24 heavy (non-hydrogen) atoms. The van der Waals surface area contributed by atoms with Crippen LogP contribution in [-0.2, 0) is 28.9 Å². The number of hydrogen-bond donors (Lipinski definition) is 0. The van der Waals surface area contributed by atoms with Gasteiger partial charge in [-0.15, -0.1) is 0 Å². The van der Waals surface area contributed by atoms with E-state index in [2.05, 4.69) is 11.6 Å². The Morgan fingerprint density at radius 1 is 1.29 bits per heavy atom. The number of alkyl halides is 3. The number of halogens is 3. The van der Waals surface area contributed by atoms with Crippen LogP contribution in [0.4, 0.5) is 13.2 Å². The molecule has 1 aromatic rings. The molecule has 0 bridgehead atoms. The van der Waals surface area contributed by atoms with Crippen molar-refractivity contribution in [2.24, 2.45) is 5.41 Å². The van der Waals surface area contributed by atoms with E-state index < -0.39 is 17.3 Å². The summed E-state index contributed by atoms with van der Waals surface area (Å²) in [5.74, 6) is -0.174. The Hall–Kier alpha value is -2.32. The van der Waals surface area contributed by atoms with Crippen molar-refractivity contribution in [3.8, 4) is 0 Å². The quantitative estimate of drug-likeness (QED) is 0.761. The van der Waals surface area contributed by atoms with Crippen molar-refractivity contribution in [3.63, 3.8) is 0 Å². The number of nitrogens with zero attached hydrogens (tertiary/aromatic N) is 4. The molecule has 3 rings (SSSR count). The zero-order valence-electron chi connectivity index (χ0n) is 13.1. The highest BCUT2D eigenvalue weighted by Gasteiger charge is 2.49. The molecule has 9 heteroatoms. The summed E-state index contributed by atoms with van der Waals surface area (Å²) < 4.78 is 39.6. The van der Waals surface area contributed by atoms with Crippen molar-refractivity contribution in [2.75, 3.05) is 19.6 Å². The van der Waals surface area contributed by atoms with Crippen LogP contribution in [0.15, 0.2) is 18.9 Å². The molecule has 0 aromatic carbocycles. The third kappa shape index (κ3) is 2.67. The monoisotopic (exact) mass is 342 g/mol. The molecule has 130 valence electrons. The third-order valence-electron chi connectivity index (χ3n) is 4.46. The standard InChI is InChI=1S/C15H17F3N4O2/c1-3-12(23)22-8-14(2,9-22)13(24)21-5-4-20-6-10(15(16,17)18)19-11(20)7-21/h3,6H,1,4-5,7-9H2,2H3. The van der Waals surface area contributed by atoms with Crippen molar-refractivity contribution in [2.45, 2.75) is 26.2 Å². The second-order valence-corrected chi connectivity index (χ2v) is 6.42. The van der Waals surface area contributed by atoms with Crippen LogP contribution in [0.1, 0.15) is 18.4 Å². The number of fused-ring (bicyclic) bond motifs is 1. The predicted octanol–water partition coefficient (Wildman–Crippen LogP) is 1.28. The topological polar surface area (TPSA) is 58.4 Å². The molecule has 2 aliphatic heterocycles. The van der Waals surface area contributed by atoms with Gasteiger partial charge in [-0.05, 0) is 13.0 Å². The molecule has 0 aliphatic carbocycles. The van der Waals surface area contributed by atoms with Gasteiger partial charge < -0.3 is 14.4 Å². The van der Waals surface area contributed by atoms with Crippen molar-refractivity contribution < 1.29 is 22.8 Å². The van der Waals surface area contributed by atoms with Gasteiger partial charge in [-0.2, -0.15) is 13.2 Å². The Labute approximate surface area is 136 Å². The van der Waals surface area contributed by atoms with Crippen molar-refractivity contribution in [1.29, 1.82) is 0 Å². The van der Waals surface area contributed by atoms with E-state index in [0.29, 0.717) is 6.54 Å². The lowest BCUT2D eigenvalue weighted by Crippen LogP contribution is -2.63. The average molecular weight is 342 g/mol. The normalized spacial score (nSPS) is 19.5. The number of aromatic nitrogens is 2. The van der Waals surface area contributed by atoms with Crippen LogP contribution in [0.25, 0.3) is 0 Å². The van der Waals surface area contributed by atoms with Gasteiger partial charge in [0, 0.05) is 32.4 Å². The van der Waals surface area contributed by atoms with Crippen LogP contribution in [-0.4, -0.2) is 50.8 Å². The van der Waals surface area contributed by atoms with Crippen LogP contribution < -0.4 is 0 Å². The lowest BCUT2D eigenvalue weighted by atomic mass is 9.80. The summed E-state index contributed by atoms with van der Waals surface area (Å²) >= 11 is 0. The van der Waals surface area contributed by atoms with E-state index in [1.54, 1.807) is 6.92 Å². The maximum atomic E-state index is 12.7. The molecule has 6 nitrogen and oxygen atoms in total. The first-order valence-corrected chi connectivity index (χ1v) is 7.48. The maximum absolute atomic E-state index is 12.7. The fourth-order valence-electron chi connectivity index (χ4n) is 3.16.